The fourth-order valence-corrected chi connectivity index (χ4v) is 3.68. The normalized spacial score (nSPS) is 9.62. The van der Waals surface area contributed by atoms with Gasteiger partial charge in [0.25, 0.3) is 0 Å². The minimum Gasteiger partial charge on any atom is -0.399 e. The number of nitrogens with one attached hydrogen (secondary N) is 1. The second-order valence-electron chi connectivity index (χ2n) is 9.53. The lowest BCUT2D eigenvalue weighted by Crippen LogP contribution is -2.14. The number of nitrogens with two attached hydrogens (primary N) is 1. The molecule has 0 aromatic heterocycles. The van der Waals surface area contributed by atoms with E-state index in [2.05, 4.69) is 127 Å². The maximum absolute atomic E-state index is 5.43. The molecule has 0 fully saturated rings. The Kier molecular flexibility index (Phi) is 18.4. The summed E-state index contributed by atoms with van der Waals surface area (Å²) in [5.41, 5.74) is 13.9. The van der Waals surface area contributed by atoms with E-state index in [1.807, 2.05) is 31.2 Å². The van der Waals surface area contributed by atoms with Crippen molar-refractivity contribution in [2.75, 3.05) is 31.7 Å². The molecule has 5 heteroatoms. The molecule has 0 atom stereocenters. The van der Waals surface area contributed by atoms with Crippen LogP contribution < -0.4 is 11.1 Å². The van der Waals surface area contributed by atoms with Gasteiger partial charge in [-0.15, -0.1) is 0 Å². The maximum atomic E-state index is 5.43. The third kappa shape index (κ3) is 15.9. The Morgan fingerprint density at radius 1 is 0.667 bits per heavy atom. The number of benzene rings is 4. The largest absolute Gasteiger partial charge is 0.399 e. The third-order valence-corrected chi connectivity index (χ3v) is 6.20. The average molecular weight is 587 g/mol. The van der Waals surface area contributed by atoms with Crippen LogP contribution in [0.2, 0.25) is 0 Å². The van der Waals surface area contributed by atoms with Crippen molar-refractivity contribution in [3.8, 4) is 0 Å². The van der Waals surface area contributed by atoms with Gasteiger partial charge in [0.2, 0.25) is 0 Å². The van der Waals surface area contributed by atoms with Crippen molar-refractivity contribution in [1.29, 1.82) is 0 Å². The molecule has 207 valence electrons. The highest BCUT2D eigenvalue weighted by Crippen LogP contribution is 2.18. The zero-order valence-corrected chi connectivity index (χ0v) is 25.1. The van der Waals surface area contributed by atoms with Crippen molar-refractivity contribution in [3.63, 3.8) is 0 Å². The molecule has 3 N–H and O–H groups in total. The summed E-state index contributed by atoms with van der Waals surface area (Å²) in [4.78, 5) is 2.21. The Hall–Kier alpha value is -3.02. The summed E-state index contributed by atoms with van der Waals surface area (Å²) in [7, 11) is 4.21. The van der Waals surface area contributed by atoms with Crippen molar-refractivity contribution in [2.24, 2.45) is 0 Å². The van der Waals surface area contributed by atoms with E-state index in [1.54, 1.807) is 0 Å². The number of aryl methyl sites for hydroxylation is 3. The molecule has 0 heterocycles. The van der Waals surface area contributed by atoms with Crippen LogP contribution in [0, 0.1) is 13.8 Å². The molecule has 3 nitrogen and oxygen atoms in total. The number of hydrogen-bond donors (Lipinski definition) is 2. The Morgan fingerprint density at radius 2 is 1.08 bits per heavy atom. The van der Waals surface area contributed by atoms with E-state index in [0.29, 0.717) is 0 Å². The molecule has 0 amide bonds. The Labute approximate surface area is 248 Å². The zero-order valence-electron chi connectivity index (χ0n) is 23.5. The van der Waals surface area contributed by atoms with Crippen LogP contribution in [0.5, 0.6) is 0 Å². The molecule has 4 aromatic carbocycles. The Morgan fingerprint density at radius 3 is 1.51 bits per heavy atom. The van der Waals surface area contributed by atoms with E-state index in [9.17, 15) is 0 Å². The molecule has 0 aliphatic heterocycles. The highest BCUT2D eigenvalue weighted by Gasteiger charge is 1.97. The molecular weight excluding hydrogens is 541 g/mol. The molecule has 0 unspecified atom stereocenters. The molecule has 3 radical (unpaired) electrons. The molecule has 4 rings (SSSR count). The standard InChI is InChI=1S/C17H22N2.C9H11Br.C7H9N.CH4.B/c1-14-4-8-16(9-5-14)18-17-10-6-15(7-11-17)12-13-19(2)3;1-2-3-8-4-6-9(10)7-5-8;1-6-2-4-7(8)5-3-6;;/h4-11,18H,12-13H2,1-3H3;4-7H,2-3H2,1H3;2-5H,8H2,1H3;1H4;. The predicted octanol–water partition coefficient (Wildman–Crippen LogP) is 9.08. The minimum absolute atomic E-state index is 0. The van der Waals surface area contributed by atoms with Crippen molar-refractivity contribution >= 4 is 41.4 Å². The molecule has 4 aromatic rings. The van der Waals surface area contributed by atoms with Crippen LogP contribution in [0.1, 0.15) is 43.0 Å². The van der Waals surface area contributed by atoms with Gasteiger partial charge < -0.3 is 16.0 Å². The number of halogens is 1. The third-order valence-electron chi connectivity index (χ3n) is 5.67. The van der Waals surface area contributed by atoms with Crippen LogP contribution in [0.3, 0.4) is 0 Å². The van der Waals surface area contributed by atoms with Gasteiger partial charge in [-0.2, -0.15) is 0 Å². The van der Waals surface area contributed by atoms with E-state index < -0.39 is 0 Å². The number of rotatable bonds is 7. The van der Waals surface area contributed by atoms with Gasteiger partial charge in [0.1, 0.15) is 0 Å². The smallest absolute Gasteiger partial charge is 0.0384 e. The first-order chi connectivity index (χ1) is 17.7. The van der Waals surface area contributed by atoms with Gasteiger partial charge in [0.05, 0.1) is 0 Å². The van der Waals surface area contributed by atoms with Gasteiger partial charge in [-0.1, -0.05) is 96.4 Å². The van der Waals surface area contributed by atoms with Gasteiger partial charge in [-0.3, -0.25) is 0 Å². The van der Waals surface area contributed by atoms with Crippen molar-refractivity contribution in [2.45, 2.75) is 47.5 Å². The summed E-state index contributed by atoms with van der Waals surface area (Å²) in [5, 5.41) is 3.41. The Bertz CT molecular complexity index is 1120. The first-order valence-electron chi connectivity index (χ1n) is 12.9. The predicted molar refractivity (Wildman–Crippen MR) is 179 cm³/mol. The van der Waals surface area contributed by atoms with Gasteiger partial charge in [0, 0.05) is 36.5 Å². The highest BCUT2D eigenvalue weighted by molar-refractivity contribution is 9.10. The molecule has 0 bridgehead atoms. The van der Waals surface area contributed by atoms with Crippen LogP contribution in [0.4, 0.5) is 17.1 Å². The molecule has 39 heavy (non-hydrogen) atoms. The lowest BCUT2D eigenvalue weighted by Gasteiger charge is -2.10. The van der Waals surface area contributed by atoms with E-state index in [4.69, 9.17) is 5.73 Å². The lowest BCUT2D eigenvalue weighted by molar-refractivity contribution is 0.413. The van der Waals surface area contributed by atoms with E-state index in [1.165, 1.54) is 35.1 Å². The summed E-state index contributed by atoms with van der Waals surface area (Å²) in [6, 6.07) is 33.4. The number of anilines is 3. The van der Waals surface area contributed by atoms with Gasteiger partial charge in [-0.05, 0) is 100 Å². The van der Waals surface area contributed by atoms with Crippen molar-refractivity contribution < 1.29 is 0 Å². The van der Waals surface area contributed by atoms with Crippen LogP contribution in [0.25, 0.3) is 0 Å². The monoisotopic (exact) mass is 586 g/mol. The molecular formula is C34H46BBrN3. The Balaban J connectivity index is 0.000000609. The first kappa shape index (κ1) is 36.0. The fourth-order valence-electron chi connectivity index (χ4n) is 3.42. The summed E-state index contributed by atoms with van der Waals surface area (Å²) < 4.78 is 1.16. The number of nitrogens with zero attached hydrogens (tertiary/aromatic N) is 1. The summed E-state index contributed by atoms with van der Waals surface area (Å²) in [5.74, 6) is 0. The van der Waals surface area contributed by atoms with Crippen LogP contribution in [0.15, 0.2) is 102 Å². The second-order valence-corrected chi connectivity index (χ2v) is 10.4. The summed E-state index contributed by atoms with van der Waals surface area (Å²) in [6.07, 6.45) is 3.51. The first-order valence-corrected chi connectivity index (χ1v) is 13.7. The molecule has 0 saturated heterocycles. The van der Waals surface area contributed by atoms with Crippen LogP contribution in [-0.2, 0) is 12.8 Å². The van der Waals surface area contributed by atoms with E-state index in [0.717, 1.165) is 34.5 Å². The lowest BCUT2D eigenvalue weighted by atomic mass is 10.1. The minimum atomic E-state index is 0. The van der Waals surface area contributed by atoms with Crippen molar-refractivity contribution in [1.82, 2.24) is 4.90 Å². The fraction of sp³-hybridized carbons (Fsp3) is 0.294. The molecule has 0 aliphatic carbocycles. The summed E-state index contributed by atoms with van der Waals surface area (Å²) >= 11 is 3.40. The van der Waals surface area contributed by atoms with Crippen LogP contribution in [-0.4, -0.2) is 34.0 Å². The topological polar surface area (TPSA) is 41.3 Å². The molecule has 0 spiro atoms. The average Bonchev–Trinajstić information content (AvgIpc) is 2.89. The zero-order chi connectivity index (χ0) is 27.0. The number of likely N-dealkylation sites (N-methyl/N-ethyl adjacent to an activating group) is 1. The highest BCUT2D eigenvalue weighted by atomic mass is 79.9. The SMILES string of the molecule is C.CCCc1ccc(Br)cc1.Cc1ccc(N)cc1.Cc1ccc(Nc2ccc(CCN(C)C)cc2)cc1.[B]. The molecule has 0 aliphatic rings. The van der Waals surface area contributed by atoms with Crippen LogP contribution >= 0.6 is 15.9 Å². The second kappa shape index (κ2) is 20.0. The number of nitrogen functional groups attached to an aromatic ring is 1. The van der Waals surface area contributed by atoms with Gasteiger partial charge in [0.15, 0.2) is 0 Å². The van der Waals surface area contributed by atoms with E-state index >= 15 is 0 Å². The maximum Gasteiger partial charge on any atom is 0.0384 e. The molecule has 0 saturated carbocycles. The van der Waals surface area contributed by atoms with E-state index in [-0.39, 0.29) is 15.8 Å². The number of hydrogen-bond acceptors (Lipinski definition) is 3. The quantitative estimate of drug-likeness (QED) is 0.167. The summed E-state index contributed by atoms with van der Waals surface area (Å²) in [6.45, 7) is 7.43. The van der Waals surface area contributed by atoms with Gasteiger partial charge >= 0.3 is 0 Å². The van der Waals surface area contributed by atoms with Crippen molar-refractivity contribution in [3.05, 3.63) is 124 Å². The van der Waals surface area contributed by atoms with Gasteiger partial charge in [-0.25, -0.2) is 0 Å².